The maximum atomic E-state index is 11.7. The Morgan fingerprint density at radius 1 is 0.958 bits per heavy atom. The fourth-order valence-corrected chi connectivity index (χ4v) is 2.76. The molecule has 2 aromatic rings. The molecule has 0 aliphatic rings. The van der Waals surface area contributed by atoms with Gasteiger partial charge in [-0.3, -0.25) is 9.69 Å². The number of hydrogen-bond acceptors (Lipinski definition) is 3. The van der Waals surface area contributed by atoms with Gasteiger partial charge in [0.15, 0.2) is 0 Å². The van der Waals surface area contributed by atoms with E-state index >= 15 is 0 Å². The van der Waals surface area contributed by atoms with Crippen molar-refractivity contribution in [3.05, 3.63) is 71.8 Å². The number of rotatable bonds is 9. The van der Waals surface area contributed by atoms with Crippen molar-refractivity contribution in [3.8, 4) is 0 Å². The maximum absolute atomic E-state index is 11.7. The van der Waals surface area contributed by atoms with E-state index in [0.717, 1.165) is 26.1 Å². The van der Waals surface area contributed by atoms with Crippen molar-refractivity contribution in [3.63, 3.8) is 0 Å². The van der Waals surface area contributed by atoms with Crippen LogP contribution in [0.15, 0.2) is 60.7 Å². The highest BCUT2D eigenvalue weighted by atomic mass is 16.5. The summed E-state index contributed by atoms with van der Waals surface area (Å²) in [4.78, 5) is 14.0. The molecule has 0 N–H and O–H groups in total. The minimum absolute atomic E-state index is 0.107. The SMILES string of the molecule is CCCC(=O)OC(C)CN(Cc1ccccc1)Cc1ccccc1. The van der Waals surface area contributed by atoms with Gasteiger partial charge in [-0.05, 0) is 24.5 Å². The van der Waals surface area contributed by atoms with Gasteiger partial charge in [-0.15, -0.1) is 0 Å². The zero-order chi connectivity index (χ0) is 17.2. The lowest BCUT2D eigenvalue weighted by Crippen LogP contribution is -2.33. The minimum Gasteiger partial charge on any atom is -0.461 e. The lowest BCUT2D eigenvalue weighted by Gasteiger charge is -2.26. The molecule has 3 nitrogen and oxygen atoms in total. The predicted molar refractivity (Wildman–Crippen MR) is 97.5 cm³/mol. The molecule has 0 aliphatic carbocycles. The number of ether oxygens (including phenoxy) is 1. The van der Waals surface area contributed by atoms with E-state index in [2.05, 4.69) is 53.4 Å². The lowest BCUT2D eigenvalue weighted by atomic mass is 10.1. The van der Waals surface area contributed by atoms with E-state index in [9.17, 15) is 4.79 Å². The van der Waals surface area contributed by atoms with E-state index in [4.69, 9.17) is 4.74 Å². The smallest absolute Gasteiger partial charge is 0.306 e. The molecule has 0 saturated carbocycles. The third-order valence-electron chi connectivity index (χ3n) is 3.80. The van der Waals surface area contributed by atoms with E-state index in [-0.39, 0.29) is 12.1 Å². The molecule has 3 heteroatoms. The van der Waals surface area contributed by atoms with Gasteiger partial charge in [-0.2, -0.15) is 0 Å². The Bertz CT molecular complexity index is 556. The van der Waals surface area contributed by atoms with E-state index in [1.165, 1.54) is 11.1 Å². The van der Waals surface area contributed by atoms with Gasteiger partial charge in [-0.1, -0.05) is 67.6 Å². The fourth-order valence-electron chi connectivity index (χ4n) is 2.76. The van der Waals surface area contributed by atoms with Gasteiger partial charge < -0.3 is 4.74 Å². The zero-order valence-electron chi connectivity index (χ0n) is 14.7. The van der Waals surface area contributed by atoms with Crippen LogP contribution in [0, 0.1) is 0 Å². The molecule has 0 fully saturated rings. The molecule has 0 heterocycles. The average Bonchev–Trinajstić information content (AvgIpc) is 2.56. The quantitative estimate of drug-likeness (QED) is 0.639. The van der Waals surface area contributed by atoms with Crippen LogP contribution in [0.1, 0.15) is 37.8 Å². The van der Waals surface area contributed by atoms with Crippen LogP contribution in [0.2, 0.25) is 0 Å². The topological polar surface area (TPSA) is 29.5 Å². The average molecular weight is 325 g/mol. The Balaban J connectivity index is 2.00. The summed E-state index contributed by atoms with van der Waals surface area (Å²) in [5.41, 5.74) is 2.53. The summed E-state index contributed by atoms with van der Waals surface area (Å²) in [6.45, 7) is 6.36. The number of esters is 1. The Morgan fingerprint density at radius 2 is 1.46 bits per heavy atom. The van der Waals surface area contributed by atoms with Gasteiger partial charge in [0.25, 0.3) is 0 Å². The summed E-state index contributed by atoms with van der Waals surface area (Å²) in [7, 11) is 0. The second kappa shape index (κ2) is 9.89. The van der Waals surface area contributed by atoms with Crippen LogP contribution in [0.25, 0.3) is 0 Å². The number of hydrogen-bond donors (Lipinski definition) is 0. The molecule has 0 bridgehead atoms. The zero-order valence-corrected chi connectivity index (χ0v) is 14.7. The normalized spacial score (nSPS) is 12.1. The van der Waals surface area contributed by atoms with E-state index in [1.807, 2.05) is 26.0 Å². The van der Waals surface area contributed by atoms with Crippen molar-refractivity contribution in [2.24, 2.45) is 0 Å². The molecule has 0 aromatic heterocycles. The van der Waals surface area contributed by atoms with Crippen molar-refractivity contribution < 1.29 is 9.53 Å². The third-order valence-corrected chi connectivity index (χ3v) is 3.80. The molecule has 0 aliphatic heterocycles. The number of carbonyl (C=O) groups is 1. The third kappa shape index (κ3) is 6.55. The minimum atomic E-state index is -0.114. The summed E-state index contributed by atoms with van der Waals surface area (Å²) < 4.78 is 5.52. The van der Waals surface area contributed by atoms with Gasteiger partial charge >= 0.3 is 5.97 Å². The highest BCUT2D eigenvalue weighted by Gasteiger charge is 2.15. The molecule has 0 radical (unpaired) electrons. The van der Waals surface area contributed by atoms with Crippen LogP contribution < -0.4 is 0 Å². The molecular weight excluding hydrogens is 298 g/mol. The second-order valence-electron chi connectivity index (χ2n) is 6.19. The molecule has 1 atom stereocenters. The maximum Gasteiger partial charge on any atom is 0.306 e. The molecule has 1 unspecified atom stereocenters. The summed E-state index contributed by atoms with van der Waals surface area (Å²) >= 11 is 0. The highest BCUT2D eigenvalue weighted by molar-refractivity contribution is 5.69. The first-order valence-corrected chi connectivity index (χ1v) is 8.67. The van der Waals surface area contributed by atoms with E-state index in [0.29, 0.717) is 6.42 Å². The Hall–Kier alpha value is -2.13. The number of carbonyl (C=O) groups excluding carboxylic acids is 1. The Morgan fingerprint density at radius 3 is 1.92 bits per heavy atom. The van der Waals surface area contributed by atoms with Crippen LogP contribution in [-0.2, 0) is 22.6 Å². The van der Waals surface area contributed by atoms with Gasteiger partial charge in [-0.25, -0.2) is 0 Å². The van der Waals surface area contributed by atoms with E-state index < -0.39 is 0 Å². The monoisotopic (exact) mass is 325 g/mol. The Labute approximate surface area is 145 Å². The van der Waals surface area contributed by atoms with Crippen molar-refractivity contribution in [1.29, 1.82) is 0 Å². The molecule has 2 aromatic carbocycles. The van der Waals surface area contributed by atoms with Gasteiger partial charge in [0.05, 0.1) is 0 Å². The van der Waals surface area contributed by atoms with Crippen molar-refractivity contribution >= 4 is 5.97 Å². The highest BCUT2D eigenvalue weighted by Crippen LogP contribution is 2.12. The van der Waals surface area contributed by atoms with Gasteiger partial charge in [0, 0.05) is 26.1 Å². The van der Waals surface area contributed by atoms with Gasteiger partial charge in [0.1, 0.15) is 6.10 Å². The summed E-state index contributed by atoms with van der Waals surface area (Å²) in [5, 5.41) is 0. The first-order chi connectivity index (χ1) is 11.7. The number of nitrogens with zero attached hydrogens (tertiary/aromatic N) is 1. The van der Waals surface area contributed by atoms with E-state index in [1.54, 1.807) is 0 Å². The molecule has 0 amide bonds. The van der Waals surface area contributed by atoms with Crippen LogP contribution in [-0.4, -0.2) is 23.5 Å². The van der Waals surface area contributed by atoms with Crippen LogP contribution in [0.4, 0.5) is 0 Å². The first-order valence-electron chi connectivity index (χ1n) is 8.67. The van der Waals surface area contributed by atoms with Crippen LogP contribution in [0.3, 0.4) is 0 Å². The van der Waals surface area contributed by atoms with Crippen molar-refractivity contribution in [2.75, 3.05) is 6.54 Å². The van der Waals surface area contributed by atoms with Crippen LogP contribution in [0.5, 0.6) is 0 Å². The van der Waals surface area contributed by atoms with Crippen molar-refractivity contribution in [2.45, 2.75) is 45.9 Å². The molecule has 0 saturated heterocycles. The van der Waals surface area contributed by atoms with Crippen molar-refractivity contribution in [1.82, 2.24) is 4.90 Å². The summed E-state index contributed by atoms with van der Waals surface area (Å²) in [6.07, 6.45) is 1.20. The molecular formula is C21H27NO2. The fraction of sp³-hybridized carbons (Fsp3) is 0.381. The Kier molecular flexibility index (Phi) is 7.50. The molecule has 0 spiro atoms. The molecule has 128 valence electrons. The lowest BCUT2D eigenvalue weighted by molar-refractivity contribution is -0.149. The first kappa shape index (κ1) is 18.2. The van der Waals surface area contributed by atoms with Gasteiger partial charge in [0.2, 0.25) is 0 Å². The van der Waals surface area contributed by atoms with Crippen LogP contribution >= 0.6 is 0 Å². The second-order valence-corrected chi connectivity index (χ2v) is 6.19. The predicted octanol–water partition coefficient (Wildman–Crippen LogP) is 4.42. The molecule has 2 rings (SSSR count). The standard InChI is InChI=1S/C21H27NO2/c1-3-10-21(23)24-18(2)15-22(16-19-11-6-4-7-12-19)17-20-13-8-5-9-14-20/h4-9,11-14,18H,3,10,15-17H2,1-2H3. The summed E-state index contributed by atoms with van der Waals surface area (Å²) in [6, 6.07) is 20.8. The largest absolute Gasteiger partial charge is 0.461 e. The molecule has 24 heavy (non-hydrogen) atoms. The summed E-state index contributed by atoms with van der Waals surface area (Å²) in [5.74, 6) is -0.107. The number of benzene rings is 2.